The van der Waals surface area contributed by atoms with Gasteiger partial charge >= 0.3 is 6.16 Å². The van der Waals surface area contributed by atoms with Crippen LogP contribution in [0.25, 0.3) is 0 Å². The number of hydrogen-bond acceptors (Lipinski definition) is 8. The summed E-state index contributed by atoms with van der Waals surface area (Å²) in [7, 11) is 1.75. The molecule has 4 aliphatic heterocycles. The number of carbonyl (C=O) groups is 2. The van der Waals surface area contributed by atoms with Crippen LogP contribution in [0.2, 0.25) is 0 Å². The molecule has 0 aromatic heterocycles. The normalized spacial score (nSPS) is 38.9. The molecule has 4 aliphatic rings. The number of amides is 1. The first-order valence-corrected chi connectivity index (χ1v) is 7.88. The number of likely N-dealkylation sites (N-methyl/N-ethyl adjacent to an activating group) is 1. The minimum absolute atomic E-state index is 0.0244. The second-order valence-corrected chi connectivity index (χ2v) is 6.70. The van der Waals surface area contributed by atoms with Crippen molar-refractivity contribution >= 4 is 12.1 Å². The summed E-state index contributed by atoms with van der Waals surface area (Å²) in [4.78, 5) is 26.9. The number of fused-ring (bicyclic) bond motifs is 1. The lowest BCUT2D eigenvalue weighted by Gasteiger charge is -2.50. The molecule has 1 unspecified atom stereocenters. The predicted octanol–water partition coefficient (Wildman–Crippen LogP) is -1.14. The van der Waals surface area contributed by atoms with Crippen molar-refractivity contribution in [2.24, 2.45) is 0 Å². The lowest BCUT2D eigenvalue weighted by atomic mass is 9.87. The monoisotopic (exact) mass is 335 g/mol. The van der Waals surface area contributed by atoms with Gasteiger partial charge in [-0.15, -0.1) is 0 Å². The van der Waals surface area contributed by atoms with Crippen molar-refractivity contribution in [3.8, 4) is 0 Å². The van der Waals surface area contributed by atoms with Crippen molar-refractivity contribution in [3.05, 3.63) is 24.8 Å². The van der Waals surface area contributed by atoms with Gasteiger partial charge in [0.05, 0.1) is 30.3 Å². The Morgan fingerprint density at radius 3 is 2.88 bits per heavy atom. The maximum Gasteiger partial charge on any atom is 0.509 e. The second kappa shape index (κ2) is 4.71. The number of hydrogen-bond donors (Lipinski definition) is 3. The molecule has 1 spiro atoms. The van der Waals surface area contributed by atoms with Gasteiger partial charge in [0.15, 0.2) is 17.9 Å². The molecule has 9 nitrogen and oxygen atoms in total. The summed E-state index contributed by atoms with van der Waals surface area (Å²) in [5.41, 5.74) is -0.724. The molecule has 4 fully saturated rings. The van der Waals surface area contributed by atoms with Gasteiger partial charge in [-0.1, -0.05) is 13.2 Å². The molecule has 5 atom stereocenters. The summed E-state index contributed by atoms with van der Waals surface area (Å²) < 4.78 is 10.7. The first-order chi connectivity index (χ1) is 11.3. The van der Waals surface area contributed by atoms with Crippen LogP contribution in [0.3, 0.4) is 0 Å². The van der Waals surface area contributed by atoms with Gasteiger partial charge in [-0.05, 0) is 0 Å². The third-order valence-electron chi connectivity index (χ3n) is 5.29. The average Bonchev–Trinajstić information content (AvgIpc) is 3.11. The molecule has 3 N–H and O–H groups in total. The maximum absolute atomic E-state index is 11.6. The number of nitrogens with one attached hydrogen (secondary N) is 3. The Bertz CT molecular complexity index is 652. The molecule has 0 aliphatic carbocycles. The number of rotatable bonds is 2. The third-order valence-corrected chi connectivity index (χ3v) is 5.29. The van der Waals surface area contributed by atoms with E-state index in [1.54, 1.807) is 11.9 Å². The number of carbonyl (C=O) groups excluding carboxylic acids is 2. The van der Waals surface area contributed by atoms with Crippen molar-refractivity contribution in [3.63, 3.8) is 0 Å². The molecule has 0 saturated carbocycles. The first kappa shape index (κ1) is 15.0. The van der Waals surface area contributed by atoms with Crippen LogP contribution < -0.4 is 16.0 Å². The van der Waals surface area contributed by atoms with Crippen LogP contribution in [-0.4, -0.2) is 72.0 Å². The zero-order valence-electron chi connectivity index (χ0n) is 13.7. The van der Waals surface area contributed by atoms with Crippen LogP contribution in [0.4, 0.5) is 4.79 Å². The Kier molecular flexibility index (Phi) is 2.94. The largest absolute Gasteiger partial charge is 0.509 e. The van der Waals surface area contributed by atoms with E-state index >= 15 is 0 Å². The molecular weight excluding hydrogens is 314 g/mol. The zero-order valence-corrected chi connectivity index (χ0v) is 13.7. The van der Waals surface area contributed by atoms with Crippen molar-refractivity contribution in [2.75, 3.05) is 20.1 Å². The van der Waals surface area contributed by atoms with Gasteiger partial charge in [-0.3, -0.25) is 4.79 Å². The van der Waals surface area contributed by atoms with E-state index in [0.717, 1.165) is 0 Å². The molecule has 1 amide bonds. The molecular formula is C15H21N5O4. The van der Waals surface area contributed by atoms with Gasteiger partial charge in [0.2, 0.25) is 5.91 Å². The number of ether oxygens (including phenoxy) is 2. The quantitative estimate of drug-likeness (QED) is 0.545. The third kappa shape index (κ3) is 1.80. The Balaban J connectivity index is 1.71. The summed E-state index contributed by atoms with van der Waals surface area (Å²) in [6.07, 6.45) is -1.51. The standard InChI is InChI=1S/C15H21N5O4/c1-7-16-12-10(5-19(4)9(3)21)17-8(2)20-6-11-13(15(12,20)18-7)24-14(22)23-11/h10-13,16-18H,1-2,5-6H2,3-4H3/t10-,11?,12-,13-,15-/m0/s1. The van der Waals surface area contributed by atoms with Crippen LogP contribution in [-0.2, 0) is 14.3 Å². The SMILES string of the molecule is C=C1N[C@H]2[C@H](CN(C)C(C)=O)NC(=C)N3CC4OC(=O)O[C@@H]4[C@]23N1. The van der Waals surface area contributed by atoms with Crippen molar-refractivity contribution in [1.82, 2.24) is 25.8 Å². The summed E-state index contributed by atoms with van der Waals surface area (Å²) in [5.74, 6) is 1.32. The maximum atomic E-state index is 11.6. The highest BCUT2D eigenvalue weighted by Crippen LogP contribution is 2.45. The highest BCUT2D eigenvalue weighted by molar-refractivity contribution is 5.72. The van der Waals surface area contributed by atoms with Crippen LogP contribution in [0.15, 0.2) is 24.8 Å². The smallest absolute Gasteiger partial charge is 0.425 e. The fourth-order valence-corrected chi connectivity index (χ4v) is 4.21. The van der Waals surface area contributed by atoms with Gasteiger partial charge in [0.25, 0.3) is 0 Å². The highest BCUT2D eigenvalue weighted by atomic mass is 16.8. The van der Waals surface area contributed by atoms with E-state index in [0.29, 0.717) is 24.7 Å². The Morgan fingerprint density at radius 1 is 1.42 bits per heavy atom. The molecule has 4 rings (SSSR count). The fourth-order valence-electron chi connectivity index (χ4n) is 4.21. The van der Waals surface area contributed by atoms with Crippen LogP contribution in [0.1, 0.15) is 6.92 Å². The molecule has 9 heteroatoms. The minimum Gasteiger partial charge on any atom is -0.425 e. The molecule has 4 heterocycles. The van der Waals surface area contributed by atoms with E-state index in [1.807, 2.05) is 4.90 Å². The molecule has 0 radical (unpaired) electrons. The van der Waals surface area contributed by atoms with E-state index in [2.05, 4.69) is 29.1 Å². The van der Waals surface area contributed by atoms with Gasteiger partial charge in [-0.2, -0.15) is 0 Å². The summed E-state index contributed by atoms with van der Waals surface area (Å²) in [6.45, 7) is 10.6. The zero-order chi connectivity index (χ0) is 17.2. The van der Waals surface area contributed by atoms with Gasteiger partial charge in [0.1, 0.15) is 0 Å². The molecule has 0 aromatic rings. The summed E-state index contributed by atoms with van der Waals surface area (Å²) in [5, 5.41) is 10.0. The molecule has 4 saturated heterocycles. The second-order valence-electron chi connectivity index (χ2n) is 6.70. The predicted molar refractivity (Wildman–Crippen MR) is 83.2 cm³/mol. The lowest BCUT2D eigenvalue weighted by molar-refractivity contribution is -0.128. The Hall–Kier alpha value is -2.58. The van der Waals surface area contributed by atoms with E-state index in [1.165, 1.54) is 6.92 Å². The topological polar surface area (TPSA) is 95.2 Å². The molecule has 0 bridgehead atoms. The van der Waals surface area contributed by atoms with Gasteiger partial charge in [-0.25, -0.2) is 4.79 Å². The summed E-state index contributed by atoms with van der Waals surface area (Å²) >= 11 is 0. The van der Waals surface area contributed by atoms with E-state index in [4.69, 9.17) is 9.47 Å². The van der Waals surface area contributed by atoms with Crippen molar-refractivity contribution in [1.29, 1.82) is 0 Å². The lowest BCUT2D eigenvalue weighted by Crippen LogP contribution is -2.75. The fraction of sp³-hybridized carbons (Fsp3) is 0.600. The van der Waals surface area contributed by atoms with Gasteiger partial charge < -0.3 is 35.2 Å². The Morgan fingerprint density at radius 2 is 2.17 bits per heavy atom. The highest BCUT2D eigenvalue weighted by Gasteiger charge is 2.70. The van der Waals surface area contributed by atoms with Crippen molar-refractivity contribution < 1.29 is 19.1 Å². The van der Waals surface area contributed by atoms with Crippen molar-refractivity contribution in [2.45, 2.75) is 36.9 Å². The summed E-state index contributed by atoms with van der Waals surface area (Å²) in [6, 6.07) is -0.311. The first-order valence-electron chi connectivity index (χ1n) is 7.88. The van der Waals surface area contributed by atoms with Crippen LogP contribution in [0, 0.1) is 0 Å². The Labute approximate surface area is 139 Å². The van der Waals surface area contributed by atoms with Crippen LogP contribution in [0.5, 0.6) is 0 Å². The molecule has 24 heavy (non-hydrogen) atoms. The van der Waals surface area contributed by atoms with E-state index in [9.17, 15) is 9.59 Å². The molecule has 130 valence electrons. The molecule has 0 aromatic carbocycles. The van der Waals surface area contributed by atoms with E-state index < -0.39 is 17.9 Å². The minimum atomic E-state index is -0.724. The van der Waals surface area contributed by atoms with Gasteiger partial charge in [0, 0.05) is 20.5 Å². The van der Waals surface area contributed by atoms with E-state index in [-0.39, 0.29) is 24.1 Å². The van der Waals surface area contributed by atoms with Crippen LogP contribution >= 0.6 is 0 Å². The average molecular weight is 335 g/mol. The number of nitrogens with zero attached hydrogens (tertiary/aromatic N) is 2.